The molecule has 1 aromatic heterocycles. The molecule has 0 aliphatic heterocycles. The summed E-state index contributed by atoms with van der Waals surface area (Å²) in [5.74, 6) is -2.24. The van der Waals surface area contributed by atoms with Gasteiger partial charge in [0.15, 0.2) is 5.82 Å². The summed E-state index contributed by atoms with van der Waals surface area (Å²) in [7, 11) is 0. The lowest BCUT2D eigenvalue weighted by Gasteiger charge is -1.99. The van der Waals surface area contributed by atoms with E-state index in [1.165, 1.54) is 0 Å². The van der Waals surface area contributed by atoms with Gasteiger partial charge in [-0.05, 0) is 12.6 Å². The number of halogens is 2. The molecule has 0 saturated carbocycles. The second kappa shape index (κ2) is 5.70. The summed E-state index contributed by atoms with van der Waals surface area (Å²) in [6.45, 7) is 2.83. The third-order valence-corrected chi connectivity index (χ3v) is 2.45. The van der Waals surface area contributed by atoms with E-state index in [0.29, 0.717) is 19.2 Å². The average molecular weight is 284 g/mol. The van der Waals surface area contributed by atoms with Crippen LogP contribution >= 0.6 is 0 Å². The topological polar surface area (TPSA) is 94.1 Å². The Kier molecular flexibility index (Phi) is 3.99. The molecule has 0 unspecified atom stereocenters. The van der Waals surface area contributed by atoms with Crippen molar-refractivity contribution >= 4 is 5.69 Å². The molecule has 0 spiro atoms. The van der Waals surface area contributed by atoms with Gasteiger partial charge in [0.05, 0.1) is 23.1 Å². The van der Waals surface area contributed by atoms with Crippen LogP contribution in [-0.4, -0.2) is 21.6 Å². The predicted molar refractivity (Wildman–Crippen MR) is 63.7 cm³/mol. The van der Waals surface area contributed by atoms with Gasteiger partial charge in [0.25, 0.3) is 5.89 Å². The quantitative estimate of drug-likeness (QED) is 0.667. The van der Waals surface area contributed by atoms with E-state index in [4.69, 9.17) is 4.52 Å². The van der Waals surface area contributed by atoms with E-state index in [-0.39, 0.29) is 11.7 Å². The van der Waals surface area contributed by atoms with Crippen molar-refractivity contribution in [2.45, 2.75) is 13.5 Å². The number of nitrogens with zero attached hydrogens (tertiary/aromatic N) is 3. The van der Waals surface area contributed by atoms with Gasteiger partial charge >= 0.3 is 5.69 Å². The highest BCUT2D eigenvalue weighted by molar-refractivity contribution is 5.59. The van der Waals surface area contributed by atoms with E-state index >= 15 is 0 Å². The first kappa shape index (κ1) is 14.0. The molecule has 2 rings (SSSR count). The molecule has 0 amide bonds. The van der Waals surface area contributed by atoms with Gasteiger partial charge in [0, 0.05) is 0 Å². The second-order valence-corrected chi connectivity index (χ2v) is 3.84. The van der Waals surface area contributed by atoms with Crippen LogP contribution in [0.5, 0.6) is 0 Å². The van der Waals surface area contributed by atoms with Crippen molar-refractivity contribution < 1.29 is 18.2 Å². The van der Waals surface area contributed by atoms with Crippen molar-refractivity contribution in [3.63, 3.8) is 0 Å². The van der Waals surface area contributed by atoms with E-state index in [2.05, 4.69) is 15.5 Å². The highest BCUT2D eigenvalue weighted by atomic mass is 19.1. The standard InChI is InChI=1S/C11H10F2N4O3/c1-2-14-5-9-15-11(20-16-9)7-3-6(12)4-8(10(7)13)17(18)19/h3-4,14H,2,5H2,1H3. The molecule has 106 valence electrons. The minimum atomic E-state index is -1.21. The lowest BCUT2D eigenvalue weighted by Crippen LogP contribution is -2.12. The summed E-state index contributed by atoms with van der Waals surface area (Å²) in [4.78, 5) is 13.5. The highest BCUT2D eigenvalue weighted by Crippen LogP contribution is 2.29. The van der Waals surface area contributed by atoms with Gasteiger partial charge in [-0.2, -0.15) is 9.37 Å². The SMILES string of the molecule is CCNCc1noc(-c2cc(F)cc([N+](=O)[O-])c2F)n1. The minimum Gasteiger partial charge on any atom is -0.334 e. The largest absolute Gasteiger partial charge is 0.334 e. The second-order valence-electron chi connectivity index (χ2n) is 3.84. The van der Waals surface area contributed by atoms with E-state index in [1.807, 2.05) is 6.92 Å². The fraction of sp³-hybridized carbons (Fsp3) is 0.273. The Bertz CT molecular complexity index is 645. The van der Waals surface area contributed by atoms with Crippen LogP contribution in [0.1, 0.15) is 12.7 Å². The van der Waals surface area contributed by atoms with Crippen LogP contribution in [0.3, 0.4) is 0 Å². The molecule has 0 bridgehead atoms. The van der Waals surface area contributed by atoms with Crippen molar-refractivity contribution in [1.82, 2.24) is 15.5 Å². The number of benzene rings is 1. The fourth-order valence-corrected chi connectivity index (χ4v) is 1.54. The number of rotatable bonds is 5. The lowest BCUT2D eigenvalue weighted by atomic mass is 10.1. The van der Waals surface area contributed by atoms with Crippen LogP contribution in [0.15, 0.2) is 16.7 Å². The number of aromatic nitrogens is 2. The third-order valence-electron chi connectivity index (χ3n) is 2.45. The van der Waals surface area contributed by atoms with E-state index < -0.39 is 27.8 Å². The first-order valence-electron chi connectivity index (χ1n) is 5.70. The Balaban J connectivity index is 2.42. The van der Waals surface area contributed by atoms with Crippen LogP contribution in [0.2, 0.25) is 0 Å². The molecule has 0 aliphatic carbocycles. The van der Waals surface area contributed by atoms with Crippen LogP contribution < -0.4 is 5.32 Å². The van der Waals surface area contributed by atoms with Crippen molar-refractivity contribution in [2.75, 3.05) is 6.54 Å². The first-order chi connectivity index (χ1) is 9.52. The zero-order chi connectivity index (χ0) is 14.7. The molecule has 1 N–H and O–H groups in total. The van der Waals surface area contributed by atoms with Gasteiger partial charge in [0.1, 0.15) is 5.82 Å². The molecule has 7 nitrogen and oxygen atoms in total. The van der Waals surface area contributed by atoms with Gasteiger partial charge in [-0.25, -0.2) is 4.39 Å². The molecule has 2 aromatic rings. The minimum absolute atomic E-state index is 0.244. The molecule has 0 saturated heterocycles. The summed E-state index contributed by atoms with van der Waals surface area (Å²) in [5, 5.41) is 17.1. The summed E-state index contributed by atoms with van der Waals surface area (Å²) >= 11 is 0. The smallest absolute Gasteiger partial charge is 0.308 e. The van der Waals surface area contributed by atoms with Gasteiger partial charge in [-0.3, -0.25) is 10.1 Å². The molecule has 20 heavy (non-hydrogen) atoms. The molecule has 9 heteroatoms. The molecule has 1 aromatic carbocycles. The number of nitro groups is 1. The monoisotopic (exact) mass is 284 g/mol. The Hall–Kier alpha value is -2.42. The zero-order valence-electron chi connectivity index (χ0n) is 10.4. The first-order valence-corrected chi connectivity index (χ1v) is 5.70. The maximum atomic E-state index is 13.9. The van der Waals surface area contributed by atoms with Crippen molar-refractivity contribution in [2.24, 2.45) is 0 Å². The van der Waals surface area contributed by atoms with Crippen molar-refractivity contribution in [3.05, 3.63) is 39.7 Å². The number of hydrogen-bond acceptors (Lipinski definition) is 6. The summed E-state index contributed by atoms with van der Waals surface area (Å²) in [6.07, 6.45) is 0. The van der Waals surface area contributed by atoms with Crippen molar-refractivity contribution in [3.8, 4) is 11.5 Å². The van der Waals surface area contributed by atoms with E-state index in [1.54, 1.807) is 0 Å². The molecular weight excluding hydrogens is 274 g/mol. The Morgan fingerprint density at radius 3 is 2.85 bits per heavy atom. The molecule has 0 radical (unpaired) electrons. The highest BCUT2D eigenvalue weighted by Gasteiger charge is 2.24. The fourth-order valence-electron chi connectivity index (χ4n) is 1.54. The molecule has 0 aliphatic rings. The summed E-state index contributed by atoms with van der Waals surface area (Å²) < 4.78 is 32.0. The molecule has 0 atom stereocenters. The van der Waals surface area contributed by atoms with Crippen LogP contribution in [0.4, 0.5) is 14.5 Å². The van der Waals surface area contributed by atoms with Gasteiger partial charge in [-0.15, -0.1) is 0 Å². The molecule has 1 heterocycles. The van der Waals surface area contributed by atoms with E-state index in [0.717, 1.165) is 6.07 Å². The number of hydrogen-bond donors (Lipinski definition) is 1. The van der Waals surface area contributed by atoms with Gasteiger partial charge < -0.3 is 9.84 Å². The number of nitro benzene ring substituents is 1. The summed E-state index contributed by atoms with van der Waals surface area (Å²) in [5.41, 5.74) is -1.42. The zero-order valence-corrected chi connectivity index (χ0v) is 10.4. The predicted octanol–water partition coefficient (Wildman–Crippen LogP) is 2.03. The Morgan fingerprint density at radius 2 is 2.20 bits per heavy atom. The van der Waals surface area contributed by atoms with Crippen molar-refractivity contribution in [1.29, 1.82) is 0 Å². The Labute approximate surface area is 111 Å². The van der Waals surface area contributed by atoms with E-state index in [9.17, 15) is 18.9 Å². The van der Waals surface area contributed by atoms with Crippen LogP contribution in [0, 0.1) is 21.7 Å². The number of nitrogens with one attached hydrogen (secondary N) is 1. The third kappa shape index (κ3) is 2.77. The lowest BCUT2D eigenvalue weighted by molar-refractivity contribution is -0.387. The van der Waals surface area contributed by atoms with Crippen LogP contribution in [0.25, 0.3) is 11.5 Å². The normalized spacial score (nSPS) is 10.8. The maximum absolute atomic E-state index is 13.9. The average Bonchev–Trinajstić information content (AvgIpc) is 2.87. The van der Waals surface area contributed by atoms with Gasteiger partial charge in [-0.1, -0.05) is 12.1 Å². The van der Waals surface area contributed by atoms with Gasteiger partial charge in [0.2, 0.25) is 5.82 Å². The Morgan fingerprint density at radius 1 is 1.45 bits per heavy atom. The molecule has 0 fully saturated rings. The maximum Gasteiger partial charge on any atom is 0.308 e. The summed E-state index contributed by atoms with van der Waals surface area (Å²) in [6, 6.07) is 1.27. The molecular formula is C11H10F2N4O3. The van der Waals surface area contributed by atoms with Crippen LogP contribution in [-0.2, 0) is 6.54 Å².